The first-order valence-corrected chi connectivity index (χ1v) is 7.48. The lowest BCUT2D eigenvalue weighted by Crippen LogP contribution is -2.17. The number of carbonyl (C=O) groups excluding carboxylic acids is 1. The van der Waals surface area contributed by atoms with Crippen molar-refractivity contribution >= 4 is 17.5 Å². The molecule has 0 bridgehead atoms. The number of benzene rings is 1. The van der Waals surface area contributed by atoms with Gasteiger partial charge in [0.25, 0.3) is 5.91 Å². The van der Waals surface area contributed by atoms with E-state index in [0.717, 1.165) is 0 Å². The van der Waals surface area contributed by atoms with Crippen LogP contribution in [0.1, 0.15) is 21.9 Å². The van der Waals surface area contributed by atoms with Crippen LogP contribution in [0.4, 0.5) is 0 Å². The molecule has 3 aromatic rings. The van der Waals surface area contributed by atoms with Crippen LogP contribution >= 0.6 is 11.6 Å². The number of carbonyl (C=O) groups is 1. The van der Waals surface area contributed by atoms with Crippen molar-refractivity contribution in [1.82, 2.24) is 14.9 Å². The second kappa shape index (κ2) is 5.68. The molecule has 3 rings (SSSR count). The Morgan fingerprint density at radius 1 is 1.33 bits per heavy atom. The molecule has 0 aliphatic rings. The molecule has 3 N–H and O–H groups in total. The molecule has 0 atom stereocenters. The molecule has 124 valence electrons. The Morgan fingerprint density at radius 3 is 2.58 bits per heavy atom. The summed E-state index contributed by atoms with van der Waals surface area (Å²) < 4.78 is 6.64. The second-order valence-corrected chi connectivity index (χ2v) is 5.83. The molecule has 0 spiro atoms. The van der Waals surface area contributed by atoms with Crippen molar-refractivity contribution in [3.05, 3.63) is 40.4 Å². The Balaban J connectivity index is 2.37. The van der Waals surface area contributed by atoms with Gasteiger partial charge in [0.15, 0.2) is 0 Å². The van der Waals surface area contributed by atoms with Crippen molar-refractivity contribution < 1.29 is 14.4 Å². The van der Waals surface area contributed by atoms with E-state index in [0.29, 0.717) is 33.8 Å². The van der Waals surface area contributed by atoms with E-state index in [-0.39, 0.29) is 16.5 Å². The molecule has 0 fully saturated rings. The van der Waals surface area contributed by atoms with E-state index in [1.165, 1.54) is 10.7 Å². The first-order chi connectivity index (χ1) is 11.3. The molecule has 0 aliphatic carbocycles. The van der Waals surface area contributed by atoms with Crippen LogP contribution in [-0.2, 0) is 7.05 Å². The highest BCUT2D eigenvalue weighted by Crippen LogP contribution is 2.39. The number of hydrogen-bond acceptors (Lipinski definition) is 5. The summed E-state index contributed by atoms with van der Waals surface area (Å²) in [4.78, 5) is 12.0. The van der Waals surface area contributed by atoms with Gasteiger partial charge in [-0.05, 0) is 32.0 Å². The Morgan fingerprint density at radius 2 is 2.04 bits per heavy atom. The van der Waals surface area contributed by atoms with Crippen LogP contribution < -0.4 is 5.73 Å². The van der Waals surface area contributed by atoms with E-state index in [2.05, 4.69) is 10.3 Å². The lowest BCUT2D eigenvalue weighted by Gasteiger charge is -2.06. The number of aryl methyl sites for hydroxylation is 3. The van der Waals surface area contributed by atoms with Crippen LogP contribution in [0.3, 0.4) is 0 Å². The number of phenolic OH excluding ortho intramolecular Hbond substituents is 1. The van der Waals surface area contributed by atoms with Gasteiger partial charge < -0.3 is 15.4 Å². The van der Waals surface area contributed by atoms with E-state index in [4.69, 9.17) is 21.9 Å². The average molecular weight is 347 g/mol. The fourth-order valence-corrected chi connectivity index (χ4v) is 2.92. The zero-order valence-corrected chi connectivity index (χ0v) is 14.0. The Kier molecular flexibility index (Phi) is 3.81. The molecular weight excluding hydrogens is 332 g/mol. The number of hydrogen-bond donors (Lipinski definition) is 2. The average Bonchev–Trinajstić information content (AvgIpc) is 3.01. The van der Waals surface area contributed by atoms with Gasteiger partial charge in [-0.3, -0.25) is 9.48 Å². The van der Waals surface area contributed by atoms with E-state index < -0.39 is 5.91 Å². The third kappa shape index (κ3) is 2.43. The Bertz CT molecular complexity index is 939. The Labute approximate surface area is 142 Å². The summed E-state index contributed by atoms with van der Waals surface area (Å²) in [6, 6.07) is 4.70. The summed E-state index contributed by atoms with van der Waals surface area (Å²) in [5, 5.41) is 18.2. The highest BCUT2D eigenvalue weighted by molar-refractivity contribution is 6.32. The zero-order valence-electron chi connectivity index (χ0n) is 13.3. The highest BCUT2D eigenvalue weighted by Gasteiger charge is 2.27. The van der Waals surface area contributed by atoms with Crippen LogP contribution in [0.15, 0.2) is 22.7 Å². The predicted molar refractivity (Wildman–Crippen MR) is 88.8 cm³/mol. The maximum absolute atomic E-state index is 12.0. The zero-order chi connectivity index (χ0) is 17.6. The Hall–Kier alpha value is -2.80. The van der Waals surface area contributed by atoms with Gasteiger partial charge in [-0.25, -0.2) is 0 Å². The van der Waals surface area contributed by atoms with E-state index in [9.17, 15) is 9.90 Å². The first kappa shape index (κ1) is 16.1. The van der Waals surface area contributed by atoms with E-state index in [1.807, 2.05) is 0 Å². The number of aromatic nitrogens is 3. The minimum absolute atomic E-state index is 0.0367. The maximum Gasteiger partial charge on any atom is 0.267 e. The van der Waals surface area contributed by atoms with Gasteiger partial charge in [0, 0.05) is 18.2 Å². The van der Waals surface area contributed by atoms with Crippen molar-refractivity contribution in [2.24, 2.45) is 12.8 Å². The molecule has 7 nitrogen and oxygen atoms in total. The number of nitrogens with two attached hydrogens (primary N) is 1. The van der Waals surface area contributed by atoms with Gasteiger partial charge in [0.1, 0.15) is 22.9 Å². The van der Waals surface area contributed by atoms with Gasteiger partial charge in [0.05, 0.1) is 16.3 Å². The predicted octanol–water partition coefficient (Wildman–Crippen LogP) is 2.82. The summed E-state index contributed by atoms with van der Waals surface area (Å²) in [6.07, 6.45) is 0. The van der Waals surface area contributed by atoms with Crippen LogP contribution in [0.5, 0.6) is 5.75 Å². The maximum atomic E-state index is 12.0. The molecule has 2 aromatic heterocycles. The number of rotatable bonds is 3. The quantitative estimate of drug-likeness (QED) is 0.758. The van der Waals surface area contributed by atoms with Gasteiger partial charge in [-0.1, -0.05) is 16.8 Å². The summed E-state index contributed by atoms with van der Waals surface area (Å²) in [5.41, 5.74) is 8.74. The van der Waals surface area contributed by atoms with Gasteiger partial charge in [-0.15, -0.1) is 0 Å². The van der Waals surface area contributed by atoms with Crippen LogP contribution in [0.25, 0.3) is 22.4 Å². The summed E-state index contributed by atoms with van der Waals surface area (Å²) in [7, 11) is 1.63. The smallest absolute Gasteiger partial charge is 0.267 e. The fourth-order valence-electron chi connectivity index (χ4n) is 2.74. The van der Waals surface area contributed by atoms with E-state index >= 15 is 0 Å². The van der Waals surface area contributed by atoms with Crippen molar-refractivity contribution in [1.29, 1.82) is 0 Å². The largest absolute Gasteiger partial charge is 0.506 e. The van der Waals surface area contributed by atoms with Crippen molar-refractivity contribution in [3.63, 3.8) is 0 Å². The molecule has 1 aromatic carbocycles. The number of primary amides is 1. The molecular formula is C16H15ClN4O3. The lowest BCUT2D eigenvalue weighted by atomic mass is 9.97. The monoisotopic (exact) mass is 346 g/mol. The first-order valence-electron chi connectivity index (χ1n) is 7.10. The third-order valence-electron chi connectivity index (χ3n) is 3.79. The van der Waals surface area contributed by atoms with Crippen molar-refractivity contribution in [2.45, 2.75) is 13.8 Å². The number of nitrogens with zero attached hydrogens (tertiary/aromatic N) is 3. The molecule has 1 amide bonds. The van der Waals surface area contributed by atoms with Crippen LogP contribution in [0, 0.1) is 13.8 Å². The normalized spacial score (nSPS) is 11.0. The molecule has 0 aliphatic heterocycles. The second-order valence-electron chi connectivity index (χ2n) is 5.43. The molecule has 24 heavy (non-hydrogen) atoms. The molecule has 2 heterocycles. The highest BCUT2D eigenvalue weighted by atomic mass is 35.5. The van der Waals surface area contributed by atoms with Crippen LogP contribution in [0.2, 0.25) is 5.02 Å². The van der Waals surface area contributed by atoms with Gasteiger partial charge >= 0.3 is 0 Å². The minimum atomic E-state index is -0.615. The number of halogens is 1. The summed E-state index contributed by atoms with van der Waals surface area (Å²) in [6.45, 7) is 3.53. The molecule has 0 saturated carbocycles. The van der Waals surface area contributed by atoms with Crippen molar-refractivity contribution in [2.75, 3.05) is 0 Å². The molecule has 0 saturated heterocycles. The number of amides is 1. The van der Waals surface area contributed by atoms with Crippen molar-refractivity contribution in [3.8, 4) is 28.1 Å². The van der Waals surface area contributed by atoms with Crippen LogP contribution in [-0.4, -0.2) is 26.0 Å². The topological polar surface area (TPSA) is 107 Å². The fraction of sp³-hybridized carbons (Fsp3) is 0.188. The molecule has 0 radical (unpaired) electrons. The minimum Gasteiger partial charge on any atom is -0.506 e. The van der Waals surface area contributed by atoms with Gasteiger partial charge in [-0.2, -0.15) is 5.10 Å². The summed E-state index contributed by atoms with van der Waals surface area (Å²) >= 11 is 6.01. The SMILES string of the molecule is Cc1noc(C)c1-c1c(-c2ccc(O)c(Cl)c2)nn(C)c1C(N)=O. The summed E-state index contributed by atoms with van der Waals surface area (Å²) in [5.74, 6) is -0.101. The third-order valence-corrected chi connectivity index (χ3v) is 4.09. The van der Waals surface area contributed by atoms with E-state index in [1.54, 1.807) is 33.0 Å². The molecule has 8 heteroatoms. The standard InChI is InChI=1S/C16H15ClN4O3/c1-7-12(8(2)24-20-7)13-14(19-21(3)15(13)16(18)23)9-4-5-11(22)10(17)6-9/h4-6,22H,1-3H3,(H2,18,23). The number of aromatic hydroxyl groups is 1. The number of phenols is 1. The molecule has 0 unspecified atom stereocenters. The lowest BCUT2D eigenvalue weighted by molar-refractivity contribution is 0.0992. The van der Waals surface area contributed by atoms with Gasteiger partial charge in [0.2, 0.25) is 0 Å².